The number of rotatable bonds is 7. The summed E-state index contributed by atoms with van der Waals surface area (Å²) >= 11 is 0. The first-order valence-corrected chi connectivity index (χ1v) is 8.80. The molecule has 28 heavy (non-hydrogen) atoms. The van der Waals surface area contributed by atoms with Crippen molar-refractivity contribution in [1.82, 2.24) is 14.5 Å². The Morgan fingerprint density at radius 3 is 2.96 bits per heavy atom. The topological polar surface area (TPSA) is 116 Å². The molecule has 2 aromatic rings. The molecule has 144 valence electrons. The van der Waals surface area contributed by atoms with Gasteiger partial charge in [-0.3, -0.25) is 4.79 Å². The highest BCUT2D eigenvalue weighted by atomic mass is 16.5. The minimum absolute atomic E-state index is 0.147. The van der Waals surface area contributed by atoms with E-state index in [1.807, 2.05) is 0 Å². The normalized spacial score (nSPS) is 15.7. The predicted molar refractivity (Wildman–Crippen MR) is 99.6 cm³/mol. The van der Waals surface area contributed by atoms with Gasteiger partial charge in [-0.25, -0.2) is 4.98 Å². The van der Waals surface area contributed by atoms with E-state index in [2.05, 4.69) is 22.6 Å². The Bertz CT molecular complexity index is 926. The van der Waals surface area contributed by atoms with Gasteiger partial charge in [0, 0.05) is 26.3 Å². The van der Waals surface area contributed by atoms with Gasteiger partial charge in [-0.05, 0) is 18.6 Å². The fraction of sp³-hybridized carbons (Fsp3) is 0.368. The smallest absolute Gasteiger partial charge is 0.230 e. The van der Waals surface area contributed by atoms with Gasteiger partial charge in [0.15, 0.2) is 12.0 Å². The van der Waals surface area contributed by atoms with Gasteiger partial charge in [-0.1, -0.05) is 0 Å². The van der Waals surface area contributed by atoms with Crippen LogP contribution < -0.4 is 10.1 Å². The van der Waals surface area contributed by atoms with Crippen LogP contribution in [0.5, 0.6) is 5.75 Å². The monoisotopic (exact) mass is 380 g/mol. The van der Waals surface area contributed by atoms with Crippen LogP contribution in [0.1, 0.15) is 12.0 Å². The molecule has 1 N–H and O–H groups in total. The Morgan fingerprint density at radius 1 is 1.39 bits per heavy atom. The molecule has 9 nitrogen and oxygen atoms in total. The molecule has 0 bridgehead atoms. The molecule has 0 radical (unpaired) electrons. The van der Waals surface area contributed by atoms with E-state index >= 15 is 0 Å². The lowest BCUT2D eigenvalue weighted by Crippen LogP contribution is -2.25. The molecule has 1 aliphatic heterocycles. The largest absolute Gasteiger partial charge is 0.490 e. The van der Waals surface area contributed by atoms with E-state index in [9.17, 15) is 10.1 Å². The van der Waals surface area contributed by atoms with Gasteiger partial charge in [0.2, 0.25) is 5.91 Å². The molecular weight excluding hydrogens is 360 g/mol. The number of ether oxygens (including phenoxy) is 2. The minimum Gasteiger partial charge on any atom is -0.490 e. The number of hydrogen-bond acceptors (Lipinski definition) is 7. The molecule has 2 heterocycles. The van der Waals surface area contributed by atoms with Crippen LogP contribution in [0.3, 0.4) is 0 Å². The van der Waals surface area contributed by atoms with Crippen molar-refractivity contribution in [3.05, 3.63) is 36.3 Å². The molecule has 0 aliphatic carbocycles. The lowest BCUT2D eigenvalue weighted by atomic mass is 10.1. The van der Waals surface area contributed by atoms with E-state index in [0.717, 1.165) is 5.69 Å². The second kappa shape index (κ2) is 8.89. The Kier molecular flexibility index (Phi) is 6.10. The molecule has 1 saturated heterocycles. The van der Waals surface area contributed by atoms with Crippen molar-refractivity contribution in [3.8, 4) is 23.7 Å². The zero-order valence-electron chi connectivity index (χ0n) is 15.5. The van der Waals surface area contributed by atoms with Crippen LogP contribution in [0.15, 0.2) is 30.7 Å². The van der Waals surface area contributed by atoms with Gasteiger partial charge >= 0.3 is 0 Å². The highest BCUT2D eigenvalue weighted by Crippen LogP contribution is 2.23. The third-order valence-corrected chi connectivity index (χ3v) is 4.46. The van der Waals surface area contributed by atoms with Crippen LogP contribution in [0, 0.1) is 28.7 Å². The quantitative estimate of drug-likeness (QED) is 0.572. The molecule has 9 heteroatoms. The summed E-state index contributed by atoms with van der Waals surface area (Å²) in [5, 5.41) is 20.9. The summed E-state index contributed by atoms with van der Waals surface area (Å²) in [6.07, 6.45) is 5.98. The highest BCUT2D eigenvalue weighted by Gasteiger charge is 2.28. The Hall–Kier alpha value is -3.56. The van der Waals surface area contributed by atoms with Gasteiger partial charge in [-0.2, -0.15) is 10.5 Å². The lowest BCUT2D eigenvalue weighted by Gasteiger charge is -2.10. The standard InChI is InChI=1S/C19H20N6O3/c1-27-6-7-28-17-8-16(3-2-14(17)9-20)25-11-18(22-13-25)23-19(26)15-4-5-24(10-15)12-21/h2-3,8,11,13,15H,4-7,10H2,1H3,(H,23,26). The summed E-state index contributed by atoms with van der Waals surface area (Å²) in [6.45, 7) is 1.78. The molecular formula is C19H20N6O3. The van der Waals surface area contributed by atoms with E-state index < -0.39 is 0 Å². The number of aromatic nitrogens is 2. The van der Waals surface area contributed by atoms with Crippen LogP contribution in [0.2, 0.25) is 0 Å². The van der Waals surface area contributed by atoms with Gasteiger partial charge in [-0.15, -0.1) is 0 Å². The number of methoxy groups -OCH3 is 1. The summed E-state index contributed by atoms with van der Waals surface area (Å²) in [7, 11) is 1.58. The van der Waals surface area contributed by atoms with E-state index in [-0.39, 0.29) is 11.8 Å². The van der Waals surface area contributed by atoms with Crippen LogP contribution in [0.25, 0.3) is 5.69 Å². The number of amides is 1. The van der Waals surface area contributed by atoms with Gasteiger partial charge in [0.05, 0.1) is 30.0 Å². The van der Waals surface area contributed by atoms with Crippen LogP contribution in [0.4, 0.5) is 5.82 Å². The van der Waals surface area contributed by atoms with Crippen molar-refractivity contribution in [2.75, 3.05) is 38.7 Å². The number of imidazole rings is 1. The molecule has 1 aliphatic rings. The number of hydrogen-bond donors (Lipinski definition) is 1. The minimum atomic E-state index is -0.222. The average Bonchev–Trinajstić information content (AvgIpc) is 3.37. The van der Waals surface area contributed by atoms with Crippen molar-refractivity contribution < 1.29 is 14.3 Å². The summed E-state index contributed by atoms with van der Waals surface area (Å²) < 4.78 is 12.3. The average molecular weight is 380 g/mol. The summed E-state index contributed by atoms with van der Waals surface area (Å²) in [6, 6.07) is 7.28. The maximum absolute atomic E-state index is 12.3. The van der Waals surface area contributed by atoms with E-state index in [4.69, 9.17) is 14.7 Å². The van der Waals surface area contributed by atoms with Crippen molar-refractivity contribution in [2.24, 2.45) is 5.92 Å². The maximum atomic E-state index is 12.3. The number of likely N-dealkylation sites (tertiary alicyclic amines) is 1. The third kappa shape index (κ3) is 4.40. The van der Waals surface area contributed by atoms with E-state index in [0.29, 0.717) is 49.9 Å². The number of nitriles is 2. The SMILES string of the molecule is COCCOc1cc(-n2cnc(NC(=O)C3CCN(C#N)C3)c2)ccc1C#N. The molecule has 1 aromatic carbocycles. The van der Waals surface area contributed by atoms with Crippen molar-refractivity contribution >= 4 is 11.7 Å². The molecule has 1 fully saturated rings. The molecule has 1 unspecified atom stereocenters. The van der Waals surface area contributed by atoms with Crippen molar-refractivity contribution in [2.45, 2.75) is 6.42 Å². The number of benzene rings is 1. The number of nitrogens with one attached hydrogen (secondary N) is 1. The Balaban J connectivity index is 1.69. The first kappa shape index (κ1) is 19.2. The maximum Gasteiger partial charge on any atom is 0.230 e. The molecule has 1 amide bonds. The summed E-state index contributed by atoms with van der Waals surface area (Å²) in [5.74, 6) is 0.512. The Morgan fingerprint density at radius 2 is 2.25 bits per heavy atom. The second-order valence-corrected chi connectivity index (χ2v) is 6.32. The molecule has 3 rings (SSSR count). The fourth-order valence-electron chi connectivity index (χ4n) is 2.94. The fourth-order valence-corrected chi connectivity index (χ4v) is 2.94. The van der Waals surface area contributed by atoms with Gasteiger partial charge in [0.25, 0.3) is 0 Å². The van der Waals surface area contributed by atoms with E-state index in [1.165, 1.54) is 0 Å². The lowest BCUT2D eigenvalue weighted by molar-refractivity contribution is -0.119. The number of nitrogens with zero attached hydrogens (tertiary/aromatic N) is 5. The second-order valence-electron chi connectivity index (χ2n) is 6.32. The van der Waals surface area contributed by atoms with Crippen LogP contribution in [-0.4, -0.2) is 53.8 Å². The summed E-state index contributed by atoms with van der Waals surface area (Å²) in [4.78, 5) is 18.1. The van der Waals surface area contributed by atoms with Crippen molar-refractivity contribution in [1.29, 1.82) is 10.5 Å². The number of carbonyl (C=O) groups is 1. The highest BCUT2D eigenvalue weighted by molar-refractivity contribution is 5.92. The Labute approximate surface area is 162 Å². The molecule has 0 spiro atoms. The van der Waals surface area contributed by atoms with Crippen LogP contribution in [-0.2, 0) is 9.53 Å². The van der Waals surface area contributed by atoms with E-state index in [1.54, 1.807) is 47.3 Å². The van der Waals surface area contributed by atoms with Gasteiger partial charge < -0.3 is 24.3 Å². The number of anilines is 1. The predicted octanol–water partition coefficient (Wildman–Crippen LogP) is 1.51. The molecule has 0 saturated carbocycles. The zero-order valence-corrected chi connectivity index (χ0v) is 15.5. The zero-order chi connectivity index (χ0) is 19.9. The summed E-state index contributed by atoms with van der Waals surface area (Å²) in [5.41, 5.74) is 1.17. The van der Waals surface area contributed by atoms with Crippen molar-refractivity contribution in [3.63, 3.8) is 0 Å². The molecule has 1 aromatic heterocycles. The first-order chi connectivity index (χ1) is 13.6. The number of carbonyl (C=O) groups excluding carboxylic acids is 1. The van der Waals surface area contributed by atoms with Gasteiger partial charge in [0.1, 0.15) is 24.8 Å². The molecule has 1 atom stereocenters. The third-order valence-electron chi connectivity index (χ3n) is 4.46. The van der Waals surface area contributed by atoms with Crippen LogP contribution >= 0.6 is 0 Å². The first-order valence-electron chi connectivity index (χ1n) is 8.80.